The minimum Gasteiger partial charge on any atom is -0.481 e. The first-order valence-corrected chi connectivity index (χ1v) is 8.15. The number of carbonyl (C=O) groups is 2. The number of aliphatic carboxylic acids is 1. The summed E-state index contributed by atoms with van der Waals surface area (Å²) in [6.45, 7) is 4.30. The van der Waals surface area contributed by atoms with E-state index in [4.69, 9.17) is 5.11 Å². The molecule has 1 aromatic heterocycles. The van der Waals surface area contributed by atoms with Gasteiger partial charge in [0.05, 0.1) is 0 Å². The van der Waals surface area contributed by atoms with Gasteiger partial charge in [0.1, 0.15) is 6.04 Å². The Labute approximate surface area is 136 Å². The second kappa shape index (κ2) is 9.82. The van der Waals surface area contributed by atoms with Crippen molar-refractivity contribution in [3.8, 4) is 0 Å². The Balaban J connectivity index is 2.59. The maximum absolute atomic E-state index is 12.4. The van der Waals surface area contributed by atoms with Gasteiger partial charge < -0.3 is 15.0 Å². The molecule has 1 unspecified atom stereocenters. The number of aromatic nitrogens is 1. The number of nitrogens with zero attached hydrogens (tertiary/aromatic N) is 1. The number of carboxylic acids is 1. The van der Waals surface area contributed by atoms with E-state index in [2.05, 4.69) is 5.32 Å². The third-order valence-corrected chi connectivity index (χ3v) is 3.74. The zero-order valence-electron chi connectivity index (χ0n) is 13.9. The second-order valence-electron chi connectivity index (χ2n) is 5.68. The third-order valence-electron chi connectivity index (χ3n) is 3.74. The van der Waals surface area contributed by atoms with Gasteiger partial charge in [-0.15, -0.1) is 0 Å². The highest BCUT2D eigenvalue weighted by atomic mass is 16.4. The first kappa shape index (κ1) is 18.9. The second-order valence-corrected chi connectivity index (χ2v) is 5.68. The average molecular weight is 322 g/mol. The summed E-state index contributed by atoms with van der Waals surface area (Å²) in [4.78, 5) is 34.9. The SMILES string of the molecule is CCCC(C(=O)NCCCCCC(=O)O)n1c(C)cccc1=O. The lowest BCUT2D eigenvalue weighted by Crippen LogP contribution is -2.38. The predicted octanol–water partition coefficient (Wildman–Crippen LogP) is 2.26. The number of carboxylic acid groups (broad SMARTS) is 1. The lowest BCUT2D eigenvalue weighted by atomic mass is 10.1. The summed E-state index contributed by atoms with van der Waals surface area (Å²) in [5.41, 5.74) is 0.604. The molecule has 0 bridgehead atoms. The van der Waals surface area contributed by atoms with Crippen molar-refractivity contribution in [3.05, 3.63) is 34.2 Å². The average Bonchev–Trinajstić information content (AvgIpc) is 2.49. The first-order valence-electron chi connectivity index (χ1n) is 8.15. The van der Waals surface area contributed by atoms with Crippen LogP contribution in [0.15, 0.2) is 23.0 Å². The van der Waals surface area contributed by atoms with Crippen LogP contribution >= 0.6 is 0 Å². The Hall–Kier alpha value is -2.11. The van der Waals surface area contributed by atoms with E-state index in [-0.39, 0.29) is 17.9 Å². The highest BCUT2D eigenvalue weighted by molar-refractivity contribution is 5.80. The Morgan fingerprint density at radius 1 is 1.26 bits per heavy atom. The van der Waals surface area contributed by atoms with Crippen LogP contribution in [0.1, 0.15) is 57.2 Å². The lowest BCUT2D eigenvalue weighted by molar-refractivity contribution is -0.137. The van der Waals surface area contributed by atoms with Crippen molar-refractivity contribution in [2.45, 2.75) is 58.4 Å². The number of pyridine rings is 1. The molecule has 1 atom stereocenters. The molecule has 1 amide bonds. The normalized spacial score (nSPS) is 11.9. The van der Waals surface area contributed by atoms with Gasteiger partial charge in [-0.2, -0.15) is 0 Å². The number of hydrogen-bond acceptors (Lipinski definition) is 3. The van der Waals surface area contributed by atoms with E-state index in [1.807, 2.05) is 19.9 Å². The van der Waals surface area contributed by atoms with Crippen molar-refractivity contribution in [1.29, 1.82) is 0 Å². The smallest absolute Gasteiger partial charge is 0.303 e. The zero-order valence-corrected chi connectivity index (χ0v) is 13.9. The van der Waals surface area contributed by atoms with Gasteiger partial charge in [0.15, 0.2) is 0 Å². The first-order chi connectivity index (χ1) is 11.0. The van der Waals surface area contributed by atoms with E-state index < -0.39 is 12.0 Å². The fraction of sp³-hybridized carbons (Fsp3) is 0.588. The molecule has 0 fully saturated rings. The maximum atomic E-state index is 12.4. The molecule has 0 aliphatic carbocycles. The van der Waals surface area contributed by atoms with E-state index in [0.29, 0.717) is 19.4 Å². The van der Waals surface area contributed by atoms with E-state index >= 15 is 0 Å². The molecule has 0 saturated heterocycles. The van der Waals surface area contributed by atoms with Crippen LogP contribution in [0.5, 0.6) is 0 Å². The molecule has 23 heavy (non-hydrogen) atoms. The molecular weight excluding hydrogens is 296 g/mol. The molecule has 6 nitrogen and oxygen atoms in total. The van der Waals surface area contributed by atoms with Gasteiger partial charge in [0.25, 0.3) is 5.56 Å². The molecule has 0 aliphatic rings. The van der Waals surface area contributed by atoms with Gasteiger partial charge >= 0.3 is 5.97 Å². The lowest BCUT2D eigenvalue weighted by Gasteiger charge is -2.21. The van der Waals surface area contributed by atoms with Crippen LogP contribution < -0.4 is 10.9 Å². The van der Waals surface area contributed by atoms with Crippen LogP contribution in [0.25, 0.3) is 0 Å². The zero-order chi connectivity index (χ0) is 17.2. The Kier molecular flexibility index (Phi) is 8.08. The van der Waals surface area contributed by atoms with Crippen LogP contribution in [0.3, 0.4) is 0 Å². The number of rotatable bonds is 10. The summed E-state index contributed by atoms with van der Waals surface area (Å²) in [5, 5.41) is 11.4. The molecule has 0 radical (unpaired) electrons. The molecule has 2 N–H and O–H groups in total. The molecule has 1 aromatic rings. The Morgan fingerprint density at radius 3 is 2.61 bits per heavy atom. The predicted molar refractivity (Wildman–Crippen MR) is 88.5 cm³/mol. The van der Waals surface area contributed by atoms with Crippen LogP contribution in [0.4, 0.5) is 0 Å². The van der Waals surface area contributed by atoms with Crippen LogP contribution in [0.2, 0.25) is 0 Å². The monoisotopic (exact) mass is 322 g/mol. The number of nitrogens with one attached hydrogen (secondary N) is 1. The number of hydrogen-bond donors (Lipinski definition) is 2. The summed E-state index contributed by atoms with van der Waals surface area (Å²) >= 11 is 0. The summed E-state index contributed by atoms with van der Waals surface area (Å²) in [6, 6.07) is 4.49. The van der Waals surface area contributed by atoms with Crippen molar-refractivity contribution >= 4 is 11.9 Å². The molecule has 0 aliphatic heterocycles. The number of carbonyl (C=O) groups excluding carboxylic acids is 1. The number of unbranched alkanes of at least 4 members (excludes halogenated alkanes) is 2. The van der Waals surface area contributed by atoms with Crippen molar-refractivity contribution in [2.75, 3.05) is 6.54 Å². The molecule has 0 spiro atoms. The topological polar surface area (TPSA) is 88.4 Å². The van der Waals surface area contributed by atoms with Crippen molar-refractivity contribution in [1.82, 2.24) is 9.88 Å². The molecule has 6 heteroatoms. The number of aryl methyl sites for hydroxylation is 1. The molecule has 1 heterocycles. The van der Waals surface area contributed by atoms with E-state index in [1.165, 1.54) is 6.07 Å². The van der Waals surface area contributed by atoms with Crippen molar-refractivity contribution in [3.63, 3.8) is 0 Å². The summed E-state index contributed by atoms with van der Waals surface area (Å²) in [6.07, 6.45) is 3.68. The maximum Gasteiger partial charge on any atom is 0.303 e. The van der Waals surface area contributed by atoms with Crippen LogP contribution in [-0.4, -0.2) is 28.1 Å². The molecule has 128 valence electrons. The van der Waals surface area contributed by atoms with Gasteiger partial charge in [-0.05, 0) is 32.3 Å². The standard InChI is InChI=1S/C17H26N2O4/c1-3-8-14(19-13(2)9-7-10-15(19)20)17(23)18-12-6-4-5-11-16(21)22/h7,9-10,14H,3-6,8,11-12H2,1-2H3,(H,18,23)(H,21,22). The summed E-state index contributed by atoms with van der Waals surface area (Å²) < 4.78 is 1.54. The molecular formula is C17H26N2O4. The van der Waals surface area contributed by atoms with Crippen LogP contribution in [0, 0.1) is 6.92 Å². The van der Waals surface area contributed by atoms with Gasteiger partial charge in [-0.3, -0.25) is 14.4 Å². The number of amides is 1. The van der Waals surface area contributed by atoms with E-state index in [9.17, 15) is 14.4 Å². The minimum absolute atomic E-state index is 0.151. The van der Waals surface area contributed by atoms with E-state index in [0.717, 1.165) is 25.0 Å². The summed E-state index contributed by atoms with van der Waals surface area (Å²) in [5.74, 6) is -0.947. The minimum atomic E-state index is -0.795. The van der Waals surface area contributed by atoms with Crippen LogP contribution in [-0.2, 0) is 9.59 Å². The van der Waals surface area contributed by atoms with E-state index in [1.54, 1.807) is 10.6 Å². The highest BCUT2D eigenvalue weighted by Gasteiger charge is 2.21. The third kappa shape index (κ3) is 6.26. The molecule has 0 aromatic carbocycles. The van der Waals surface area contributed by atoms with Gasteiger partial charge in [-0.25, -0.2) is 0 Å². The van der Waals surface area contributed by atoms with Gasteiger partial charge in [0.2, 0.25) is 5.91 Å². The van der Waals surface area contributed by atoms with Crippen molar-refractivity contribution < 1.29 is 14.7 Å². The summed E-state index contributed by atoms with van der Waals surface area (Å²) in [7, 11) is 0. The van der Waals surface area contributed by atoms with Gasteiger partial charge in [0, 0.05) is 24.7 Å². The van der Waals surface area contributed by atoms with Crippen molar-refractivity contribution in [2.24, 2.45) is 0 Å². The molecule has 0 saturated carbocycles. The largest absolute Gasteiger partial charge is 0.481 e. The fourth-order valence-corrected chi connectivity index (χ4v) is 2.56. The molecule has 1 rings (SSSR count). The highest BCUT2D eigenvalue weighted by Crippen LogP contribution is 2.14. The Morgan fingerprint density at radius 2 is 2.00 bits per heavy atom. The fourth-order valence-electron chi connectivity index (χ4n) is 2.56. The Bertz CT molecular complexity index is 580. The van der Waals surface area contributed by atoms with Gasteiger partial charge in [-0.1, -0.05) is 25.8 Å². The quantitative estimate of drug-likeness (QED) is 0.647.